The highest BCUT2D eigenvalue weighted by atomic mass is 16.5. The number of esters is 2. The Bertz CT molecular complexity index is 1230. The summed E-state index contributed by atoms with van der Waals surface area (Å²) in [5, 5.41) is 5.12. The van der Waals surface area contributed by atoms with Crippen molar-refractivity contribution in [3.05, 3.63) is 77.9 Å². The van der Waals surface area contributed by atoms with Gasteiger partial charge in [-0.15, -0.1) is 0 Å². The van der Waals surface area contributed by atoms with Crippen molar-refractivity contribution in [2.45, 2.75) is 0 Å². The number of carbonyl (C=O) groups is 2. The average Bonchev–Trinajstić information content (AvgIpc) is 2.78. The second-order valence-electron chi connectivity index (χ2n) is 6.42. The first-order valence-corrected chi connectivity index (χ1v) is 8.97. The molecule has 0 amide bonds. The zero-order valence-electron chi connectivity index (χ0n) is 15.9. The van der Waals surface area contributed by atoms with Crippen LogP contribution in [0, 0.1) is 0 Å². The molecule has 6 nitrogen and oxygen atoms in total. The van der Waals surface area contributed by atoms with Gasteiger partial charge in [-0.3, -0.25) is 0 Å². The molecule has 0 saturated heterocycles. The number of ether oxygens (including phenoxy) is 2. The van der Waals surface area contributed by atoms with E-state index in [1.165, 1.54) is 14.2 Å². The van der Waals surface area contributed by atoms with Crippen molar-refractivity contribution in [1.29, 1.82) is 0 Å². The lowest BCUT2D eigenvalue weighted by Gasteiger charge is -2.14. The molecule has 3 aromatic carbocycles. The van der Waals surface area contributed by atoms with Crippen molar-refractivity contribution in [3.8, 4) is 0 Å². The largest absolute Gasteiger partial charge is 0.465 e. The minimum absolute atomic E-state index is 0.390. The molecule has 0 aliphatic rings. The molecule has 0 saturated carbocycles. The SMILES string of the molecule is COC(=O)c1ccc(Nc2c3ccccc3nc3ccc(C(=O)OC)cc23)cc1. The normalized spacial score (nSPS) is 10.7. The van der Waals surface area contributed by atoms with Crippen molar-refractivity contribution >= 4 is 45.1 Å². The van der Waals surface area contributed by atoms with Crippen LogP contribution in [0.25, 0.3) is 21.8 Å². The Kier molecular flexibility index (Phi) is 4.83. The Hall–Kier alpha value is -3.93. The van der Waals surface area contributed by atoms with Crippen molar-refractivity contribution in [2.75, 3.05) is 19.5 Å². The number of fused-ring (bicyclic) bond motifs is 2. The summed E-state index contributed by atoms with van der Waals surface area (Å²) in [6.07, 6.45) is 0. The molecule has 0 aliphatic carbocycles. The zero-order chi connectivity index (χ0) is 20.4. The lowest BCUT2D eigenvalue weighted by atomic mass is 10.0. The van der Waals surface area contributed by atoms with Gasteiger partial charge in [0.2, 0.25) is 0 Å². The molecule has 144 valence electrons. The van der Waals surface area contributed by atoms with Crippen LogP contribution in [-0.4, -0.2) is 31.1 Å². The topological polar surface area (TPSA) is 77.5 Å². The van der Waals surface area contributed by atoms with Crippen LogP contribution in [0.15, 0.2) is 66.7 Å². The number of rotatable bonds is 4. The fourth-order valence-corrected chi connectivity index (χ4v) is 3.22. The van der Waals surface area contributed by atoms with Crippen LogP contribution in [0.4, 0.5) is 11.4 Å². The molecule has 1 aromatic heterocycles. The van der Waals surface area contributed by atoms with E-state index in [0.29, 0.717) is 11.1 Å². The van der Waals surface area contributed by atoms with Gasteiger partial charge in [-0.2, -0.15) is 0 Å². The minimum atomic E-state index is -0.409. The molecule has 0 aliphatic heterocycles. The number of nitrogens with one attached hydrogen (secondary N) is 1. The van der Waals surface area contributed by atoms with Gasteiger partial charge in [0.1, 0.15) is 0 Å². The molecule has 4 rings (SSSR count). The number of para-hydroxylation sites is 1. The van der Waals surface area contributed by atoms with Gasteiger partial charge in [-0.1, -0.05) is 18.2 Å². The number of aromatic nitrogens is 1. The molecule has 0 spiro atoms. The molecule has 29 heavy (non-hydrogen) atoms. The van der Waals surface area contributed by atoms with Crippen molar-refractivity contribution in [1.82, 2.24) is 4.98 Å². The fourth-order valence-electron chi connectivity index (χ4n) is 3.22. The van der Waals surface area contributed by atoms with E-state index < -0.39 is 5.97 Å². The zero-order valence-corrected chi connectivity index (χ0v) is 15.9. The van der Waals surface area contributed by atoms with Gasteiger partial charge in [0.05, 0.1) is 42.1 Å². The molecule has 0 bridgehead atoms. The Balaban J connectivity index is 1.87. The molecule has 1 heterocycles. The Morgan fingerprint density at radius 2 is 1.38 bits per heavy atom. The predicted octanol–water partition coefficient (Wildman–Crippen LogP) is 4.70. The van der Waals surface area contributed by atoms with E-state index in [1.807, 2.05) is 24.3 Å². The molecular formula is C23H18N2O4. The summed E-state index contributed by atoms with van der Waals surface area (Å²) in [6.45, 7) is 0. The van der Waals surface area contributed by atoms with Crippen LogP contribution in [0.2, 0.25) is 0 Å². The van der Waals surface area contributed by atoms with E-state index >= 15 is 0 Å². The Labute approximate surface area is 167 Å². The standard InChI is InChI=1S/C23H18N2O4/c1-28-22(26)14-7-10-16(11-8-14)24-21-17-5-3-4-6-19(17)25-20-12-9-15(13-18(20)21)23(27)29-2/h3-13H,1-2H3,(H,24,25). The lowest BCUT2D eigenvalue weighted by molar-refractivity contribution is 0.0592. The minimum Gasteiger partial charge on any atom is -0.465 e. The highest BCUT2D eigenvalue weighted by molar-refractivity contribution is 6.10. The summed E-state index contributed by atoms with van der Waals surface area (Å²) < 4.78 is 9.60. The predicted molar refractivity (Wildman–Crippen MR) is 112 cm³/mol. The number of benzene rings is 3. The molecule has 1 N–H and O–H groups in total. The maximum atomic E-state index is 12.0. The maximum absolute atomic E-state index is 12.0. The van der Waals surface area contributed by atoms with Gasteiger partial charge < -0.3 is 14.8 Å². The number of anilines is 2. The van der Waals surface area contributed by atoms with E-state index in [0.717, 1.165) is 33.2 Å². The smallest absolute Gasteiger partial charge is 0.337 e. The second kappa shape index (κ2) is 7.59. The number of carbonyl (C=O) groups excluding carboxylic acids is 2. The fraction of sp³-hybridized carbons (Fsp3) is 0.0870. The first kappa shape index (κ1) is 18.4. The van der Waals surface area contributed by atoms with Gasteiger partial charge >= 0.3 is 11.9 Å². The monoisotopic (exact) mass is 386 g/mol. The highest BCUT2D eigenvalue weighted by Crippen LogP contribution is 2.33. The van der Waals surface area contributed by atoms with Crippen molar-refractivity contribution < 1.29 is 19.1 Å². The maximum Gasteiger partial charge on any atom is 0.337 e. The van der Waals surface area contributed by atoms with E-state index in [9.17, 15) is 9.59 Å². The molecule has 4 aromatic rings. The first-order chi connectivity index (χ1) is 14.1. The molecule has 0 atom stereocenters. The van der Waals surface area contributed by atoms with Crippen LogP contribution in [0.5, 0.6) is 0 Å². The number of methoxy groups -OCH3 is 2. The van der Waals surface area contributed by atoms with Crippen molar-refractivity contribution in [2.24, 2.45) is 0 Å². The molecule has 0 unspecified atom stereocenters. The summed E-state index contributed by atoms with van der Waals surface area (Å²) in [5.74, 6) is -0.799. The van der Waals surface area contributed by atoms with E-state index in [4.69, 9.17) is 14.5 Å². The summed E-state index contributed by atoms with van der Waals surface area (Å²) in [5.41, 5.74) is 4.11. The molecular weight excluding hydrogens is 368 g/mol. The van der Waals surface area contributed by atoms with E-state index in [1.54, 1.807) is 42.5 Å². The summed E-state index contributed by atoms with van der Waals surface area (Å²) in [6, 6.07) is 20.0. The van der Waals surface area contributed by atoms with E-state index in [2.05, 4.69) is 5.32 Å². The van der Waals surface area contributed by atoms with Crippen LogP contribution >= 0.6 is 0 Å². The number of nitrogens with zero attached hydrogens (tertiary/aromatic N) is 1. The third-order valence-electron chi connectivity index (χ3n) is 4.68. The summed E-state index contributed by atoms with van der Waals surface area (Å²) >= 11 is 0. The van der Waals surface area contributed by atoms with Gasteiger partial charge in [0.15, 0.2) is 0 Å². The van der Waals surface area contributed by atoms with Gasteiger partial charge in [0, 0.05) is 16.5 Å². The third-order valence-corrected chi connectivity index (χ3v) is 4.68. The van der Waals surface area contributed by atoms with E-state index in [-0.39, 0.29) is 5.97 Å². The number of hydrogen-bond donors (Lipinski definition) is 1. The molecule has 6 heteroatoms. The van der Waals surface area contributed by atoms with Crippen LogP contribution in [0.3, 0.4) is 0 Å². The highest BCUT2D eigenvalue weighted by Gasteiger charge is 2.13. The summed E-state index contributed by atoms with van der Waals surface area (Å²) in [4.78, 5) is 28.4. The number of pyridine rings is 1. The average molecular weight is 386 g/mol. The van der Waals surface area contributed by atoms with Crippen LogP contribution in [-0.2, 0) is 9.47 Å². The van der Waals surface area contributed by atoms with Gasteiger partial charge in [0.25, 0.3) is 0 Å². The Morgan fingerprint density at radius 1 is 0.759 bits per heavy atom. The Morgan fingerprint density at radius 3 is 2.10 bits per heavy atom. The quantitative estimate of drug-likeness (QED) is 0.404. The molecule has 0 radical (unpaired) electrons. The first-order valence-electron chi connectivity index (χ1n) is 8.97. The van der Waals surface area contributed by atoms with Gasteiger partial charge in [-0.05, 0) is 48.5 Å². The van der Waals surface area contributed by atoms with Crippen LogP contribution < -0.4 is 5.32 Å². The van der Waals surface area contributed by atoms with Crippen LogP contribution in [0.1, 0.15) is 20.7 Å². The molecule has 0 fully saturated rings. The van der Waals surface area contributed by atoms with Gasteiger partial charge in [-0.25, -0.2) is 14.6 Å². The lowest BCUT2D eigenvalue weighted by Crippen LogP contribution is -2.03. The van der Waals surface area contributed by atoms with Crippen molar-refractivity contribution in [3.63, 3.8) is 0 Å². The number of hydrogen-bond acceptors (Lipinski definition) is 6. The third kappa shape index (κ3) is 3.48. The second-order valence-corrected chi connectivity index (χ2v) is 6.42. The summed E-state index contributed by atoms with van der Waals surface area (Å²) in [7, 11) is 2.70.